The average Bonchev–Trinajstić information content (AvgIpc) is 2.75. The summed E-state index contributed by atoms with van der Waals surface area (Å²) in [6, 6.07) is 13.1. The number of piperidine rings is 1. The van der Waals surface area contributed by atoms with Crippen molar-refractivity contribution in [3.8, 4) is 0 Å². The summed E-state index contributed by atoms with van der Waals surface area (Å²) in [4.78, 5) is 25.7. The van der Waals surface area contributed by atoms with E-state index in [-0.39, 0.29) is 18.0 Å². The molecule has 2 aromatic carbocycles. The quantitative estimate of drug-likeness (QED) is 0.757. The van der Waals surface area contributed by atoms with Crippen LogP contribution in [-0.4, -0.2) is 38.9 Å². The minimum Gasteiger partial charge on any atom is -0.465 e. The van der Waals surface area contributed by atoms with Gasteiger partial charge >= 0.3 is 12.0 Å². The second-order valence-corrected chi connectivity index (χ2v) is 7.29. The third-order valence-corrected chi connectivity index (χ3v) is 5.21. The molecule has 0 bridgehead atoms. The maximum Gasteiger partial charge on any atom is 0.337 e. The fraction of sp³-hybridized carbons (Fsp3) is 0.364. The van der Waals surface area contributed by atoms with E-state index in [9.17, 15) is 14.0 Å². The number of halogens is 1. The highest BCUT2D eigenvalue weighted by Gasteiger charge is 2.23. The van der Waals surface area contributed by atoms with Crippen LogP contribution in [0.5, 0.6) is 0 Å². The normalized spacial score (nSPS) is 18.7. The Kier molecular flexibility index (Phi) is 6.82. The van der Waals surface area contributed by atoms with Crippen LogP contribution in [0.2, 0.25) is 0 Å². The minimum atomic E-state index is -0.443. The first-order valence-corrected chi connectivity index (χ1v) is 9.66. The number of rotatable bonds is 5. The van der Waals surface area contributed by atoms with Gasteiger partial charge in [0.05, 0.1) is 18.8 Å². The Morgan fingerprint density at radius 3 is 2.62 bits per heavy atom. The van der Waals surface area contributed by atoms with Crippen molar-refractivity contribution in [1.82, 2.24) is 10.6 Å². The monoisotopic (exact) mass is 399 g/mol. The van der Waals surface area contributed by atoms with Crippen molar-refractivity contribution >= 4 is 17.7 Å². The van der Waals surface area contributed by atoms with Crippen LogP contribution < -0.4 is 15.5 Å². The Morgan fingerprint density at radius 2 is 1.97 bits per heavy atom. The van der Waals surface area contributed by atoms with Crippen LogP contribution in [0, 0.1) is 11.7 Å². The number of hydrogen-bond donors (Lipinski definition) is 2. The average molecular weight is 399 g/mol. The lowest BCUT2D eigenvalue weighted by Crippen LogP contribution is -2.53. The van der Waals surface area contributed by atoms with Crippen molar-refractivity contribution in [2.75, 3.05) is 25.6 Å². The van der Waals surface area contributed by atoms with E-state index in [2.05, 4.69) is 10.6 Å². The van der Waals surface area contributed by atoms with E-state index in [1.807, 2.05) is 12.1 Å². The largest absolute Gasteiger partial charge is 0.465 e. The summed E-state index contributed by atoms with van der Waals surface area (Å²) in [7, 11) is 2.98. The Bertz CT molecular complexity index is 849. The molecule has 154 valence electrons. The van der Waals surface area contributed by atoms with E-state index < -0.39 is 5.97 Å². The number of hydrogen-bond acceptors (Lipinski definition) is 4. The Morgan fingerprint density at radius 1 is 1.21 bits per heavy atom. The number of ether oxygens (including phenoxy) is 1. The third-order valence-electron chi connectivity index (χ3n) is 5.21. The number of esters is 1. The fourth-order valence-corrected chi connectivity index (χ4v) is 3.49. The van der Waals surface area contributed by atoms with Gasteiger partial charge in [-0.05, 0) is 61.1 Å². The van der Waals surface area contributed by atoms with Crippen LogP contribution >= 0.6 is 0 Å². The van der Waals surface area contributed by atoms with Gasteiger partial charge in [-0.25, -0.2) is 14.0 Å². The summed E-state index contributed by atoms with van der Waals surface area (Å²) in [5.41, 5.74) is 2.12. The number of carbonyl (C=O) groups excluding carboxylic acids is 2. The van der Waals surface area contributed by atoms with Crippen molar-refractivity contribution < 1.29 is 18.7 Å². The lowest BCUT2D eigenvalue weighted by Gasteiger charge is -2.32. The van der Waals surface area contributed by atoms with E-state index in [4.69, 9.17) is 4.74 Å². The second-order valence-electron chi connectivity index (χ2n) is 7.29. The molecule has 0 radical (unpaired) electrons. The van der Waals surface area contributed by atoms with Gasteiger partial charge in [-0.2, -0.15) is 0 Å². The van der Waals surface area contributed by atoms with Gasteiger partial charge in [-0.3, -0.25) is 10.2 Å². The number of benzene rings is 2. The number of nitrogens with one attached hydrogen (secondary N) is 2. The number of amides is 2. The molecule has 2 N–H and O–H groups in total. The van der Waals surface area contributed by atoms with Crippen LogP contribution in [0.3, 0.4) is 0 Å². The first kappa shape index (κ1) is 20.8. The molecule has 0 aliphatic carbocycles. The molecule has 3 rings (SSSR count). The van der Waals surface area contributed by atoms with E-state index in [0.29, 0.717) is 17.2 Å². The summed E-state index contributed by atoms with van der Waals surface area (Å²) in [5.74, 6) is -0.218. The molecule has 7 heteroatoms. The van der Waals surface area contributed by atoms with Gasteiger partial charge in [-0.15, -0.1) is 0 Å². The summed E-state index contributed by atoms with van der Waals surface area (Å²) >= 11 is 0. The van der Waals surface area contributed by atoms with E-state index in [0.717, 1.165) is 31.4 Å². The molecule has 29 heavy (non-hydrogen) atoms. The molecule has 0 spiro atoms. The van der Waals surface area contributed by atoms with Crippen LogP contribution in [0.4, 0.5) is 14.9 Å². The Labute approximate surface area is 170 Å². The molecule has 1 saturated heterocycles. The third kappa shape index (κ3) is 5.54. The molecular formula is C22H26FN3O3. The lowest BCUT2D eigenvalue weighted by atomic mass is 9.91. The summed E-state index contributed by atoms with van der Waals surface area (Å²) in [5, 5.41) is 6.35. The number of nitrogens with zero attached hydrogens (tertiary/aromatic N) is 1. The first-order chi connectivity index (χ1) is 14.0. The summed E-state index contributed by atoms with van der Waals surface area (Å²) < 4.78 is 17.8. The van der Waals surface area contributed by atoms with Crippen LogP contribution in [0.25, 0.3) is 0 Å². The molecular weight excluding hydrogens is 373 g/mol. The van der Waals surface area contributed by atoms with E-state index in [1.54, 1.807) is 31.3 Å². The topological polar surface area (TPSA) is 70.7 Å². The highest BCUT2D eigenvalue weighted by molar-refractivity contribution is 5.95. The number of anilines is 1. The zero-order valence-electron chi connectivity index (χ0n) is 16.7. The van der Waals surface area contributed by atoms with Gasteiger partial charge in [0.2, 0.25) is 0 Å². The standard InChI is InChI=1S/C22H26FN3O3/c1-26(19-5-3-4-17(13-19)21(27)29-2)22(28)25-20-11-8-16(14-24-20)12-15-6-9-18(23)10-7-15/h3-7,9-10,13,16,20,24H,8,11-12,14H2,1-2H3,(H,25,28)/t16-,20+/m0/s1. The van der Waals surface area contributed by atoms with Crippen molar-refractivity contribution in [2.24, 2.45) is 5.92 Å². The van der Waals surface area contributed by atoms with Gasteiger partial charge in [0, 0.05) is 19.3 Å². The molecule has 2 amide bonds. The summed E-state index contributed by atoms with van der Waals surface area (Å²) in [6.45, 7) is 0.782. The molecule has 2 atom stereocenters. The molecule has 2 aromatic rings. The maximum absolute atomic E-state index is 13.0. The number of methoxy groups -OCH3 is 1. The first-order valence-electron chi connectivity index (χ1n) is 9.66. The highest BCUT2D eigenvalue weighted by Crippen LogP contribution is 2.20. The molecule has 1 fully saturated rings. The van der Waals surface area contributed by atoms with E-state index in [1.165, 1.54) is 24.1 Å². The Hall–Kier alpha value is -2.93. The van der Waals surface area contributed by atoms with Crippen molar-refractivity contribution in [1.29, 1.82) is 0 Å². The highest BCUT2D eigenvalue weighted by atomic mass is 19.1. The van der Waals surface area contributed by atoms with Gasteiger partial charge in [0.1, 0.15) is 5.82 Å². The summed E-state index contributed by atoms with van der Waals surface area (Å²) in [6.07, 6.45) is 2.55. The van der Waals surface area contributed by atoms with Crippen molar-refractivity contribution in [3.63, 3.8) is 0 Å². The molecule has 0 saturated carbocycles. The maximum atomic E-state index is 13.0. The lowest BCUT2D eigenvalue weighted by molar-refractivity contribution is 0.0600. The number of urea groups is 1. The van der Waals surface area contributed by atoms with Gasteiger partial charge in [0.15, 0.2) is 0 Å². The molecule has 1 heterocycles. The van der Waals surface area contributed by atoms with Crippen molar-refractivity contribution in [3.05, 3.63) is 65.5 Å². The van der Waals surface area contributed by atoms with Gasteiger partial charge in [-0.1, -0.05) is 18.2 Å². The van der Waals surface area contributed by atoms with Gasteiger partial charge < -0.3 is 10.1 Å². The predicted octanol–water partition coefficient (Wildman–Crippen LogP) is 3.33. The Balaban J connectivity index is 1.50. The smallest absolute Gasteiger partial charge is 0.337 e. The van der Waals surface area contributed by atoms with E-state index >= 15 is 0 Å². The SMILES string of the molecule is COC(=O)c1cccc(N(C)C(=O)N[C@@H]2CC[C@@H](Cc3ccc(F)cc3)CN2)c1. The fourth-order valence-electron chi connectivity index (χ4n) is 3.49. The minimum absolute atomic E-state index is 0.113. The molecule has 1 aliphatic heterocycles. The van der Waals surface area contributed by atoms with Crippen LogP contribution in [-0.2, 0) is 11.2 Å². The molecule has 0 unspecified atom stereocenters. The van der Waals surface area contributed by atoms with Crippen molar-refractivity contribution in [2.45, 2.75) is 25.4 Å². The van der Waals surface area contributed by atoms with Gasteiger partial charge in [0.25, 0.3) is 0 Å². The second kappa shape index (κ2) is 9.52. The zero-order valence-corrected chi connectivity index (χ0v) is 16.7. The molecule has 6 nitrogen and oxygen atoms in total. The van der Waals surface area contributed by atoms with Crippen LogP contribution in [0.15, 0.2) is 48.5 Å². The molecule has 1 aliphatic rings. The van der Waals surface area contributed by atoms with Crippen LogP contribution in [0.1, 0.15) is 28.8 Å². The number of carbonyl (C=O) groups is 2. The zero-order chi connectivity index (χ0) is 20.8. The predicted molar refractivity (Wildman–Crippen MR) is 109 cm³/mol. The molecule has 0 aromatic heterocycles.